The molecule has 0 saturated carbocycles. The summed E-state index contributed by atoms with van der Waals surface area (Å²) in [5.41, 5.74) is 1.04. The molecule has 1 N–H and O–H groups in total. The van der Waals surface area contributed by atoms with Gasteiger partial charge >= 0.3 is 0 Å². The van der Waals surface area contributed by atoms with Crippen molar-refractivity contribution in [3.63, 3.8) is 0 Å². The van der Waals surface area contributed by atoms with E-state index in [0.29, 0.717) is 19.0 Å². The predicted molar refractivity (Wildman–Crippen MR) is 115 cm³/mol. The molecule has 156 valence electrons. The Kier molecular flexibility index (Phi) is 7.67. The van der Waals surface area contributed by atoms with Crippen LogP contribution >= 0.6 is 11.3 Å². The normalized spacial score (nSPS) is 18.9. The van der Waals surface area contributed by atoms with Gasteiger partial charge in [0, 0.05) is 57.1 Å². The first-order valence-electron chi connectivity index (χ1n) is 10.5. The van der Waals surface area contributed by atoms with Crippen molar-refractivity contribution in [2.45, 2.75) is 46.1 Å². The fourth-order valence-electron chi connectivity index (χ4n) is 3.62. The van der Waals surface area contributed by atoms with Crippen LogP contribution in [-0.4, -0.2) is 83.9 Å². The number of guanidine groups is 1. The summed E-state index contributed by atoms with van der Waals surface area (Å²) in [6.45, 7) is 13.9. The number of nitrogens with zero attached hydrogens (tertiary/aromatic N) is 5. The summed E-state index contributed by atoms with van der Waals surface area (Å²) in [5, 5.41) is 6.70. The first-order valence-corrected chi connectivity index (χ1v) is 11.4. The Morgan fingerprint density at radius 3 is 2.50 bits per heavy atom. The van der Waals surface area contributed by atoms with Crippen LogP contribution in [0.1, 0.15) is 50.2 Å². The largest absolute Gasteiger partial charge is 0.357 e. The third-order valence-corrected chi connectivity index (χ3v) is 6.47. The van der Waals surface area contributed by atoms with Gasteiger partial charge < -0.3 is 15.1 Å². The monoisotopic (exact) mass is 406 g/mol. The van der Waals surface area contributed by atoms with E-state index in [4.69, 9.17) is 4.99 Å². The van der Waals surface area contributed by atoms with E-state index in [-0.39, 0.29) is 5.91 Å². The molecule has 1 amide bonds. The van der Waals surface area contributed by atoms with Crippen molar-refractivity contribution in [2.75, 3.05) is 52.4 Å². The van der Waals surface area contributed by atoms with Crippen LogP contribution in [0.25, 0.3) is 0 Å². The zero-order valence-electron chi connectivity index (χ0n) is 17.5. The quantitative estimate of drug-likeness (QED) is 0.578. The maximum absolute atomic E-state index is 12.4. The summed E-state index contributed by atoms with van der Waals surface area (Å²) < 4.78 is 0. The number of aliphatic imine (C=N–C) groups is 1. The van der Waals surface area contributed by atoms with Crippen molar-refractivity contribution in [1.82, 2.24) is 25.0 Å². The third-order valence-electron chi connectivity index (χ3n) is 5.28. The molecule has 0 spiro atoms. The highest BCUT2D eigenvalue weighted by Crippen LogP contribution is 2.19. The van der Waals surface area contributed by atoms with E-state index in [1.165, 1.54) is 5.01 Å². The number of amides is 1. The molecule has 2 aliphatic heterocycles. The molecule has 0 unspecified atom stereocenters. The van der Waals surface area contributed by atoms with Gasteiger partial charge in [0.1, 0.15) is 0 Å². The summed E-state index contributed by atoms with van der Waals surface area (Å²) in [6, 6.07) is 0. The topological polar surface area (TPSA) is 64.1 Å². The summed E-state index contributed by atoms with van der Waals surface area (Å²) in [5.74, 6) is 1.70. The molecule has 0 radical (unpaired) electrons. The number of thiazole rings is 1. The Labute approximate surface area is 172 Å². The van der Waals surface area contributed by atoms with Gasteiger partial charge in [0.25, 0.3) is 0 Å². The number of hydrogen-bond donors (Lipinski definition) is 1. The average Bonchev–Trinajstić information content (AvgIpc) is 3.38. The minimum absolute atomic E-state index is 0.288. The Hall–Kier alpha value is -1.67. The van der Waals surface area contributed by atoms with Gasteiger partial charge in [0.15, 0.2) is 5.96 Å². The molecule has 2 saturated heterocycles. The van der Waals surface area contributed by atoms with Crippen LogP contribution in [0.4, 0.5) is 0 Å². The van der Waals surface area contributed by atoms with Crippen molar-refractivity contribution in [3.8, 4) is 0 Å². The second-order valence-corrected chi connectivity index (χ2v) is 8.74. The maximum atomic E-state index is 12.4. The molecular weight excluding hydrogens is 372 g/mol. The number of carbonyl (C=O) groups is 1. The summed E-state index contributed by atoms with van der Waals surface area (Å²) in [4.78, 5) is 28.5. The van der Waals surface area contributed by atoms with Crippen molar-refractivity contribution in [3.05, 3.63) is 16.1 Å². The highest BCUT2D eigenvalue weighted by atomic mass is 32.1. The smallest absolute Gasteiger partial charge is 0.236 e. The van der Waals surface area contributed by atoms with Crippen molar-refractivity contribution < 1.29 is 4.79 Å². The van der Waals surface area contributed by atoms with Crippen LogP contribution in [-0.2, 0) is 11.3 Å². The van der Waals surface area contributed by atoms with Crippen LogP contribution in [0.3, 0.4) is 0 Å². The minimum atomic E-state index is 0.288. The lowest BCUT2D eigenvalue weighted by Gasteiger charge is -2.36. The number of carbonyl (C=O) groups excluding carboxylic acids is 1. The molecule has 0 atom stereocenters. The fourth-order valence-corrected chi connectivity index (χ4v) is 4.44. The van der Waals surface area contributed by atoms with E-state index in [1.54, 1.807) is 11.3 Å². The Bertz CT molecular complexity index is 659. The van der Waals surface area contributed by atoms with Gasteiger partial charge in [-0.05, 0) is 19.8 Å². The third kappa shape index (κ3) is 5.67. The highest BCUT2D eigenvalue weighted by Gasteiger charge is 2.24. The molecule has 28 heavy (non-hydrogen) atoms. The van der Waals surface area contributed by atoms with Crippen molar-refractivity contribution >= 4 is 23.2 Å². The van der Waals surface area contributed by atoms with E-state index in [1.807, 2.05) is 4.90 Å². The summed E-state index contributed by atoms with van der Waals surface area (Å²) in [7, 11) is 0. The molecule has 0 aliphatic carbocycles. The highest BCUT2D eigenvalue weighted by molar-refractivity contribution is 7.09. The number of hydrogen-bond acceptors (Lipinski definition) is 5. The first kappa shape index (κ1) is 21.0. The van der Waals surface area contributed by atoms with Gasteiger partial charge in [0.05, 0.1) is 23.8 Å². The van der Waals surface area contributed by atoms with Crippen molar-refractivity contribution in [1.29, 1.82) is 0 Å². The predicted octanol–water partition coefficient (Wildman–Crippen LogP) is 1.97. The van der Waals surface area contributed by atoms with Crippen LogP contribution in [0.5, 0.6) is 0 Å². The molecule has 1 aromatic heterocycles. The molecule has 2 aliphatic rings. The maximum Gasteiger partial charge on any atom is 0.236 e. The summed E-state index contributed by atoms with van der Waals surface area (Å²) >= 11 is 1.72. The number of aromatic nitrogens is 1. The zero-order chi connectivity index (χ0) is 19.9. The van der Waals surface area contributed by atoms with Crippen molar-refractivity contribution in [2.24, 2.45) is 4.99 Å². The van der Waals surface area contributed by atoms with E-state index in [9.17, 15) is 4.79 Å². The van der Waals surface area contributed by atoms with Gasteiger partial charge in [-0.25, -0.2) is 9.98 Å². The van der Waals surface area contributed by atoms with Crippen LogP contribution in [0, 0.1) is 0 Å². The molecule has 1 aromatic rings. The average molecular weight is 407 g/mol. The van der Waals surface area contributed by atoms with E-state index in [2.05, 4.69) is 46.3 Å². The molecule has 3 rings (SSSR count). The molecule has 8 heteroatoms. The zero-order valence-corrected chi connectivity index (χ0v) is 18.3. The van der Waals surface area contributed by atoms with E-state index >= 15 is 0 Å². The number of nitrogens with one attached hydrogen (secondary N) is 1. The Balaban J connectivity index is 1.51. The van der Waals surface area contributed by atoms with Crippen LogP contribution in [0.2, 0.25) is 0 Å². The lowest BCUT2D eigenvalue weighted by molar-refractivity contribution is -0.131. The summed E-state index contributed by atoms with van der Waals surface area (Å²) in [6.07, 6.45) is 2.30. The lowest BCUT2D eigenvalue weighted by Crippen LogP contribution is -2.54. The van der Waals surface area contributed by atoms with Crippen LogP contribution in [0.15, 0.2) is 10.4 Å². The standard InChI is InChI=1S/C20H34N6OS/c1-4-21-20(22-13-17-15-28-19(23-17)16(2)3)26-11-9-24(10-12-26)14-18(27)25-7-5-6-8-25/h15-16H,4-14H2,1-3H3,(H,21,22). The van der Waals surface area contributed by atoms with Gasteiger partial charge in [-0.2, -0.15) is 0 Å². The number of rotatable bonds is 6. The second kappa shape index (κ2) is 10.2. The van der Waals surface area contributed by atoms with Crippen LogP contribution < -0.4 is 5.32 Å². The minimum Gasteiger partial charge on any atom is -0.357 e. The molecule has 7 nitrogen and oxygen atoms in total. The van der Waals surface area contributed by atoms with E-state index < -0.39 is 0 Å². The van der Waals surface area contributed by atoms with Gasteiger partial charge in [0.2, 0.25) is 5.91 Å². The molecule has 3 heterocycles. The van der Waals surface area contributed by atoms with Gasteiger partial charge in [-0.1, -0.05) is 13.8 Å². The number of piperazine rings is 1. The molecule has 2 fully saturated rings. The lowest BCUT2D eigenvalue weighted by atomic mass is 10.2. The Morgan fingerprint density at radius 2 is 1.89 bits per heavy atom. The molecule has 0 bridgehead atoms. The van der Waals surface area contributed by atoms with E-state index in [0.717, 1.165) is 70.3 Å². The SMILES string of the molecule is CCNC(=NCc1csc(C(C)C)n1)N1CCN(CC(=O)N2CCCC2)CC1. The fraction of sp³-hybridized carbons (Fsp3) is 0.750. The molecular formula is C20H34N6OS. The Morgan fingerprint density at radius 1 is 1.18 bits per heavy atom. The van der Waals surface area contributed by atoms with Gasteiger partial charge in [-0.3, -0.25) is 9.69 Å². The van der Waals surface area contributed by atoms with Gasteiger partial charge in [-0.15, -0.1) is 11.3 Å². The first-order chi connectivity index (χ1) is 13.6. The second-order valence-electron chi connectivity index (χ2n) is 7.85. The number of likely N-dealkylation sites (tertiary alicyclic amines) is 1. The molecule has 0 aromatic carbocycles.